The van der Waals surface area contributed by atoms with E-state index in [4.69, 9.17) is 4.74 Å². The maximum atomic E-state index is 12.7. The number of aromatic amines is 1. The van der Waals surface area contributed by atoms with Crippen molar-refractivity contribution < 1.29 is 14.5 Å². The average Bonchev–Trinajstić information content (AvgIpc) is 2.73. The van der Waals surface area contributed by atoms with E-state index in [0.717, 1.165) is 0 Å². The summed E-state index contributed by atoms with van der Waals surface area (Å²) >= 11 is 0. The molecule has 0 aliphatic rings. The van der Waals surface area contributed by atoms with E-state index in [9.17, 15) is 19.7 Å². The Balaban J connectivity index is 1.82. The molecular weight excluding hydrogens is 402 g/mol. The first kappa shape index (κ1) is 21.7. The minimum absolute atomic E-state index is 0.136. The highest BCUT2D eigenvalue weighted by Gasteiger charge is 2.18. The molecule has 3 N–H and O–H groups in total. The molecule has 0 atom stereocenters. The Morgan fingerprint density at radius 1 is 1.23 bits per heavy atom. The lowest BCUT2D eigenvalue weighted by atomic mass is 10.1. The number of hydrogen-bond donors (Lipinski definition) is 3. The summed E-state index contributed by atoms with van der Waals surface area (Å²) in [6.07, 6.45) is 0. The minimum atomic E-state index is -0.549. The third-order valence-electron chi connectivity index (χ3n) is 4.34. The fourth-order valence-corrected chi connectivity index (χ4v) is 2.92. The third-order valence-corrected chi connectivity index (χ3v) is 4.34. The Hall–Kier alpha value is -4.05. The molecule has 0 saturated heterocycles. The number of nitro benzene ring substituents is 1. The smallest absolute Gasteiger partial charge is 0.293 e. The molecule has 0 spiro atoms. The number of aryl methyl sites for hydroxylation is 1. The summed E-state index contributed by atoms with van der Waals surface area (Å²) in [5.41, 5.74) is 1.59. The van der Waals surface area contributed by atoms with Gasteiger partial charge in [0, 0.05) is 48.3 Å². The zero-order valence-electron chi connectivity index (χ0n) is 17.0. The van der Waals surface area contributed by atoms with Crippen LogP contribution in [0.3, 0.4) is 0 Å². The van der Waals surface area contributed by atoms with Crippen LogP contribution in [0.1, 0.15) is 16.1 Å². The Bertz CT molecular complexity index is 1170. The van der Waals surface area contributed by atoms with Gasteiger partial charge in [0.1, 0.15) is 11.5 Å². The lowest BCUT2D eigenvalue weighted by Gasteiger charge is -2.10. The van der Waals surface area contributed by atoms with Crippen molar-refractivity contribution in [3.8, 4) is 11.4 Å². The second kappa shape index (κ2) is 9.63. The first-order chi connectivity index (χ1) is 14.9. The van der Waals surface area contributed by atoms with Crippen molar-refractivity contribution in [2.45, 2.75) is 6.92 Å². The summed E-state index contributed by atoms with van der Waals surface area (Å²) in [5, 5.41) is 17.0. The number of rotatable bonds is 8. The van der Waals surface area contributed by atoms with Gasteiger partial charge in [0.15, 0.2) is 0 Å². The molecule has 10 nitrogen and oxygen atoms in total. The number of nitro groups is 1. The van der Waals surface area contributed by atoms with E-state index in [1.54, 1.807) is 31.2 Å². The molecule has 0 aliphatic carbocycles. The van der Waals surface area contributed by atoms with Crippen molar-refractivity contribution in [2.75, 3.05) is 30.9 Å². The van der Waals surface area contributed by atoms with Crippen LogP contribution in [0.25, 0.3) is 11.4 Å². The summed E-state index contributed by atoms with van der Waals surface area (Å²) in [6.45, 7) is 2.49. The predicted molar refractivity (Wildman–Crippen MR) is 116 cm³/mol. The molecular formula is C21H21N5O5. The zero-order valence-corrected chi connectivity index (χ0v) is 17.0. The highest BCUT2D eigenvalue weighted by Crippen LogP contribution is 2.26. The van der Waals surface area contributed by atoms with Gasteiger partial charge in [-0.15, -0.1) is 0 Å². The molecule has 0 fully saturated rings. The van der Waals surface area contributed by atoms with Crippen LogP contribution < -0.4 is 16.2 Å². The quantitative estimate of drug-likeness (QED) is 0.287. The summed E-state index contributed by atoms with van der Waals surface area (Å²) in [6, 6.07) is 12.4. The SMILES string of the molecule is COCCNc1ccc(C(=O)Nc2cccc(-c3nc(C)cc(=O)[nH]3)c2)cc1[N+](=O)[O-]. The van der Waals surface area contributed by atoms with Crippen molar-refractivity contribution >= 4 is 23.0 Å². The number of methoxy groups -OCH3 is 1. The monoisotopic (exact) mass is 423 g/mol. The van der Waals surface area contributed by atoms with Gasteiger partial charge in [0.2, 0.25) is 0 Å². The molecule has 2 aromatic carbocycles. The maximum absolute atomic E-state index is 12.7. The largest absolute Gasteiger partial charge is 0.383 e. The summed E-state index contributed by atoms with van der Waals surface area (Å²) < 4.78 is 4.93. The predicted octanol–water partition coefficient (Wildman–Crippen LogP) is 2.96. The van der Waals surface area contributed by atoms with Crippen LogP contribution in [0, 0.1) is 17.0 Å². The number of benzene rings is 2. The number of amides is 1. The van der Waals surface area contributed by atoms with Gasteiger partial charge < -0.3 is 20.4 Å². The highest BCUT2D eigenvalue weighted by atomic mass is 16.6. The van der Waals surface area contributed by atoms with Crippen LogP contribution in [0.15, 0.2) is 53.3 Å². The van der Waals surface area contributed by atoms with Gasteiger partial charge in [-0.1, -0.05) is 12.1 Å². The number of ether oxygens (including phenoxy) is 1. The van der Waals surface area contributed by atoms with Gasteiger partial charge in [-0.05, 0) is 31.2 Å². The normalized spacial score (nSPS) is 10.5. The van der Waals surface area contributed by atoms with E-state index in [1.165, 1.54) is 31.4 Å². The molecule has 10 heteroatoms. The molecule has 1 aromatic heterocycles. The second-order valence-electron chi connectivity index (χ2n) is 6.68. The molecule has 3 aromatic rings. The molecule has 3 rings (SSSR count). The number of aromatic nitrogens is 2. The molecule has 160 valence electrons. The van der Waals surface area contributed by atoms with Crippen molar-refractivity contribution in [1.82, 2.24) is 9.97 Å². The van der Waals surface area contributed by atoms with Crippen LogP contribution in [0.2, 0.25) is 0 Å². The molecule has 31 heavy (non-hydrogen) atoms. The van der Waals surface area contributed by atoms with Gasteiger partial charge in [0.25, 0.3) is 17.2 Å². The van der Waals surface area contributed by atoms with Gasteiger partial charge in [-0.2, -0.15) is 0 Å². The Morgan fingerprint density at radius 3 is 2.74 bits per heavy atom. The van der Waals surface area contributed by atoms with E-state index in [0.29, 0.717) is 41.6 Å². The van der Waals surface area contributed by atoms with E-state index in [1.807, 2.05) is 0 Å². The van der Waals surface area contributed by atoms with Crippen molar-refractivity contribution in [3.63, 3.8) is 0 Å². The van der Waals surface area contributed by atoms with Gasteiger partial charge in [0.05, 0.1) is 11.5 Å². The van der Waals surface area contributed by atoms with Gasteiger partial charge in [-0.25, -0.2) is 4.98 Å². The topological polar surface area (TPSA) is 139 Å². The van der Waals surface area contributed by atoms with E-state index < -0.39 is 10.8 Å². The highest BCUT2D eigenvalue weighted by molar-refractivity contribution is 6.05. The maximum Gasteiger partial charge on any atom is 0.293 e. The molecule has 1 heterocycles. The van der Waals surface area contributed by atoms with E-state index >= 15 is 0 Å². The Kier molecular flexibility index (Phi) is 6.73. The number of carbonyl (C=O) groups is 1. The molecule has 0 bridgehead atoms. The van der Waals surface area contributed by atoms with Crippen LogP contribution in [-0.4, -0.2) is 41.1 Å². The number of nitrogens with one attached hydrogen (secondary N) is 3. The number of anilines is 2. The molecule has 1 amide bonds. The standard InChI is InChI=1S/C21H21N5O5/c1-13-10-19(27)25-20(23-13)14-4-3-5-16(11-14)24-21(28)15-6-7-17(22-8-9-31-2)18(12-15)26(29)30/h3-7,10-12,22H,8-9H2,1-2H3,(H,24,28)(H,23,25,27). The Morgan fingerprint density at radius 2 is 2.03 bits per heavy atom. The van der Waals surface area contributed by atoms with Crippen LogP contribution in [-0.2, 0) is 4.74 Å². The van der Waals surface area contributed by atoms with Crippen molar-refractivity contribution in [3.05, 3.63) is 80.3 Å². The number of nitrogens with zero attached hydrogens (tertiary/aromatic N) is 2. The summed E-state index contributed by atoms with van der Waals surface area (Å²) in [7, 11) is 1.53. The second-order valence-corrected chi connectivity index (χ2v) is 6.68. The summed E-state index contributed by atoms with van der Waals surface area (Å²) in [5.74, 6) is -0.127. The lowest BCUT2D eigenvalue weighted by Crippen LogP contribution is -2.14. The van der Waals surface area contributed by atoms with Crippen LogP contribution in [0.5, 0.6) is 0 Å². The average molecular weight is 423 g/mol. The fourth-order valence-electron chi connectivity index (χ4n) is 2.92. The summed E-state index contributed by atoms with van der Waals surface area (Å²) in [4.78, 5) is 42.2. The van der Waals surface area contributed by atoms with E-state index in [-0.39, 0.29) is 16.8 Å². The van der Waals surface area contributed by atoms with Crippen LogP contribution in [0.4, 0.5) is 17.1 Å². The van der Waals surface area contributed by atoms with E-state index in [2.05, 4.69) is 20.6 Å². The molecule has 0 saturated carbocycles. The molecule has 0 aliphatic heterocycles. The molecule has 0 radical (unpaired) electrons. The number of H-pyrrole nitrogens is 1. The third kappa shape index (κ3) is 5.52. The first-order valence-electron chi connectivity index (χ1n) is 9.38. The zero-order chi connectivity index (χ0) is 22.4. The van der Waals surface area contributed by atoms with Crippen LogP contribution >= 0.6 is 0 Å². The van der Waals surface area contributed by atoms with Crippen molar-refractivity contribution in [1.29, 1.82) is 0 Å². The van der Waals surface area contributed by atoms with Gasteiger partial charge >= 0.3 is 0 Å². The number of hydrogen-bond acceptors (Lipinski definition) is 7. The van der Waals surface area contributed by atoms with Crippen molar-refractivity contribution in [2.24, 2.45) is 0 Å². The minimum Gasteiger partial charge on any atom is -0.383 e. The fraction of sp³-hybridized carbons (Fsp3) is 0.190. The lowest BCUT2D eigenvalue weighted by molar-refractivity contribution is -0.384. The van der Waals surface area contributed by atoms with Gasteiger partial charge in [-0.3, -0.25) is 19.7 Å². The molecule has 0 unspecified atom stereocenters. The first-order valence-corrected chi connectivity index (χ1v) is 9.38. The Labute approximate surface area is 177 Å². The number of carbonyl (C=O) groups excluding carboxylic acids is 1.